The first-order valence-electron chi connectivity index (χ1n) is 6.06. The lowest BCUT2D eigenvalue weighted by Gasteiger charge is -2.19. The summed E-state index contributed by atoms with van der Waals surface area (Å²) >= 11 is 3.33. The zero-order valence-electron chi connectivity index (χ0n) is 11.7. The van der Waals surface area contributed by atoms with E-state index in [1.165, 1.54) is 0 Å². The van der Waals surface area contributed by atoms with Crippen molar-refractivity contribution >= 4 is 37.3 Å². The van der Waals surface area contributed by atoms with Gasteiger partial charge in [0.2, 0.25) is 10.0 Å². The van der Waals surface area contributed by atoms with Gasteiger partial charge in [-0.1, -0.05) is 36.7 Å². The third-order valence-electron chi connectivity index (χ3n) is 2.71. The van der Waals surface area contributed by atoms with Crippen LogP contribution in [-0.4, -0.2) is 14.2 Å². The standard InChI is InChI=1S/C13H21BrN2O2S/c1-9-7-10(14)8-11(15)12(9)16-19(17,18)6-5-13(2,3)4/h7-8,16H,5-6,15H2,1-4H3. The van der Waals surface area contributed by atoms with Gasteiger partial charge in [-0.3, -0.25) is 4.72 Å². The lowest BCUT2D eigenvalue weighted by Crippen LogP contribution is -2.22. The molecule has 0 fully saturated rings. The first-order chi connectivity index (χ1) is 8.50. The molecule has 0 aromatic heterocycles. The second-order valence-corrected chi connectivity index (χ2v) is 8.68. The Balaban J connectivity index is 2.90. The molecule has 0 bridgehead atoms. The van der Waals surface area contributed by atoms with Crippen LogP contribution in [0.15, 0.2) is 16.6 Å². The molecule has 0 atom stereocenters. The van der Waals surface area contributed by atoms with Crippen LogP contribution in [0.25, 0.3) is 0 Å². The number of nitrogens with one attached hydrogen (secondary N) is 1. The van der Waals surface area contributed by atoms with Crippen LogP contribution in [-0.2, 0) is 10.0 Å². The van der Waals surface area contributed by atoms with Crippen molar-refractivity contribution in [1.29, 1.82) is 0 Å². The lowest BCUT2D eigenvalue weighted by atomic mass is 9.94. The van der Waals surface area contributed by atoms with Crippen LogP contribution < -0.4 is 10.5 Å². The zero-order valence-corrected chi connectivity index (χ0v) is 14.2. The van der Waals surface area contributed by atoms with E-state index in [4.69, 9.17) is 5.73 Å². The highest BCUT2D eigenvalue weighted by molar-refractivity contribution is 9.10. The van der Waals surface area contributed by atoms with Gasteiger partial charge in [-0.05, 0) is 36.5 Å². The number of hydrogen-bond donors (Lipinski definition) is 2. The number of halogens is 1. The smallest absolute Gasteiger partial charge is 0.232 e. The Morgan fingerprint density at radius 2 is 1.89 bits per heavy atom. The van der Waals surface area contributed by atoms with Gasteiger partial charge in [0.1, 0.15) is 0 Å². The summed E-state index contributed by atoms with van der Waals surface area (Å²) in [5.41, 5.74) is 7.52. The summed E-state index contributed by atoms with van der Waals surface area (Å²) in [5.74, 6) is 0.0887. The second-order valence-electron chi connectivity index (χ2n) is 5.92. The van der Waals surface area contributed by atoms with E-state index in [0.717, 1.165) is 10.0 Å². The molecule has 19 heavy (non-hydrogen) atoms. The fourth-order valence-electron chi connectivity index (χ4n) is 1.56. The third kappa shape index (κ3) is 5.40. The van der Waals surface area contributed by atoms with Crippen molar-refractivity contribution < 1.29 is 8.42 Å². The van der Waals surface area contributed by atoms with Gasteiger partial charge < -0.3 is 5.73 Å². The molecular weight excluding hydrogens is 328 g/mol. The van der Waals surface area contributed by atoms with Crippen LogP contribution in [0.3, 0.4) is 0 Å². The first kappa shape index (κ1) is 16.3. The molecule has 108 valence electrons. The fraction of sp³-hybridized carbons (Fsp3) is 0.538. The molecule has 4 nitrogen and oxygen atoms in total. The minimum atomic E-state index is -3.37. The quantitative estimate of drug-likeness (QED) is 0.817. The van der Waals surface area contributed by atoms with Gasteiger partial charge in [0.15, 0.2) is 0 Å². The molecular formula is C13H21BrN2O2S. The summed E-state index contributed by atoms with van der Waals surface area (Å²) in [6.07, 6.45) is 0.595. The number of aryl methyl sites for hydroxylation is 1. The Bertz CT molecular complexity index is 539. The highest BCUT2D eigenvalue weighted by Gasteiger charge is 2.19. The molecule has 0 aliphatic heterocycles. The average molecular weight is 349 g/mol. The molecule has 3 N–H and O–H groups in total. The lowest BCUT2D eigenvalue weighted by molar-refractivity contribution is 0.397. The molecule has 0 radical (unpaired) electrons. The van der Waals surface area contributed by atoms with Crippen LogP contribution in [0.1, 0.15) is 32.8 Å². The number of nitrogens with two attached hydrogens (primary N) is 1. The van der Waals surface area contributed by atoms with Crippen LogP contribution in [0.4, 0.5) is 11.4 Å². The Hall–Kier alpha value is -0.750. The Morgan fingerprint density at radius 3 is 2.37 bits per heavy atom. The van der Waals surface area contributed by atoms with E-state index in [1.54, 1.807) is 6.07 Å². The Labute approximate surface area is 124 Å². The number of hydrogen-bond acceptors (Lipinski definition) is 3. The summed E-state index contributed by atoms with van der Waals surface area (Å²) in [4.78, 5) is 0. The number of nitrogen functional groups attached to an aromatic ring is 1. The molecule has 1 aromatic rings. The highest BCUT2D eigenvalue weighted by atomic mass is 79.9. The first-order valence-corrected chi connectivity index (χ1v) is 8.51. The maximum Gasteiger partial charge on any atom is 0.232 e. The van der Waals surface area contributed by atoms with Crippen LogP contribution >= 0.6 is 15.9 Å². The molecule has 0 heterocycles. The van der Waals surface area contributed by atoms with Gasteiger partial charge in [-0.15, -0.1) is 0 Å². The molecule has 0 aliphatic carbocycles. The monoisotopic (exact) mass is 348 g/mol. The van der Waals surface area contributed by atoms with Crippen LogP contribution in [0.5, 0.6) is 0 Å². The molecule has 1 aromatic carbocycles. The summed E-state index contributed by atoms with van der Waals surface area (Å²) in [6.45, 7) is 7.87. The summed E-state index contributed by atoms with van der Waals surface area (Å²) in [6, 6.07) is 3.52. The van der Waals surface area contributed by atoms with E-state index in [0.29, 0.717) is 17.8 Å². The van der Waals surface area contributed by atoms with Gasteiger partial charge >= 0.3 is 0 Å². The van der Waals surface area contributed by atoms with Crippen molar-refractivity contribution in [1.82, 2.24) is 0 Å². The Morgan fingerprint density at radius 1 is 1.32 bits per heavy atom. The van der Waals surface area contributed by atoms with Gasteiger partial charge in [0, 0.05) is 4.47 Å². The van der Waals surface area contributed by atoms with E-state index >= 15 is 0 Å². The van der Waals surface area contributed by atoms with Crippen molar-refractivity contribution in [2.45, 2.75) is 34.1 Å². The van der Waals surface area contributed by atoms with Gasteiger partial charge in [0.05, 0.1) is 17.1 Å². The average Bonchev–Trinajstić information content (AvgIpc) is 2.20. The molecule has 0 saturated heterocycles. The van der Waals surface area contributed by atoms with Crippen molar-refractivity contribution in [3.8, 4) is 0 Å². The second kappa shape index (κ2) is 5.71. The number of sulfonamides is 1. The fourth-order valence-corrected chi connectivity index (χ4v) is 3.72. The maximum absolute atomic E-state index is 12.1. The Kier molecular flexibility index (Phi) is 4.90. The third-order valence-corrected chi connectivity index (χ3v) is 4.42. The van der Waals surface area contributed by atoms with Crippen molar-refractivity contribution in [3.63, 3.8) is 0 Å². The molecule has 0 aliphatic rings. The van der Waals surface area contributed by atoms with E-state index < -0.39 is 10.0 Å². The van der Waals surface area contributed by atoms with E-state index in [9.17, 15) is 8.42 Å². The van der Waals surface area contributed by atoms with E-state index in [2.05, 4.69) is 20.7 Å². The van der Waals surface area contributed by atoms with E-state index in [1.807, 2.05) is 33.8 Å². The molecule has 1 rings (SSSR count). The van der Waals surface area contributed by atoms with Crippen molar-refractivity contribution in [2.24, 2.45) is 5.41 Å². The molecule has 0 spiro atoms. The normalized spacial score (nSPS) is 12.5. The summed E-state index contributed by atoms with van der Waals surface area (Å²) < 4.78 is 27.5. The predicted molar refractivity (Wildman–Crippen MR) is 84.8 cm³/mol. The number of benzene rings is 1. The van der Waals surface area contributed by atoms with Crippen molar-refractivity contribution in [3.05, 3.63) is 22.2 Å². The topological polar surface area (TPSA) is 72.2 Å². The summed E-state index contributed by atoms with van der Waals surface area (Å²) in [5, 5.41) is 0. The largest absolute Gasteiger partial charge is 0.397 e. The zero-order chi connectivity index (χ0) is 14.8. The van der Waals surface area contributed by atoms with E-state index in [-0.39, 0.29) is 11.2 Å². The minimum Gasteiger partial charge on any atom is -0.397 e. The minimum absolute atomic E-state index is 0.0188. The van der Waals surface area contributed by atoms with Gasteiger partial charge in [-0.2, -0.15) is 0 Å². The molecule has 0 unspecified atom stereocenters. The van der Waals surface area contributed by atoms with Gasteiger partial charge in [-0.25, -0.2) is 8.42 Å². The van der Waals surface area contributed by atoms with Crippen LogP contribution in [0.2, 0.25) is 0 Å². The van der Waals surface area contributed by atoms with Crippen LogP contribution in [0, 0.1) is 12.3 Å². The summed E-state index contributed by atoms with van der Waals surface area (Å²) in [7, 11) is -3.37. The number of anilines is 2. The highest BCUT2D eigenvalue weighted by Crippen LogP contribution is 2.29. The predicted octanol–water partition coefficient (Wildman–Crippen LogP) is 3.52. The molecule has 0 amide bonds. The maximum atomic E-state index is 12.1. The molecule has 0 saturated carbocycles. The number of rotatable bonds is 4. The molecule has 6 heteroatoms. The SMILES string of the molecule is Cc1cc(Br)cc(N)c1NS(=O)(=O)CCC(C)(C)C. The van der Waals surface area contributed by atoms with Gasteiger partial charge in [0.25, 0.3) is 0 Å². The van der Waals surface area contributed by atoms with Crippen molar-refractivity contribution in [2.75, 3.05) is 16.2 Å².